The minimum absolute atomic E-state index is 0.0436. The van der Waals surface area contributed by atoms with Crippen molar-refractivity contribution in [2.24, 2.45) is 0 Å². The van der Waals surface area contributed by atoms with E-state index in [9.17, 15) is 19.2 Å². The van der Waals surface area contributed by atoms with Crippen molar-refractivity contribution in [3.63, 3.8) is 0 Å². The molecule has 4 amide bonds. The molecule has 0 aromatic heterocycles. The molecule has 1 aliphatic rings. The highest BCUT2D eigenvalue weighted by atomic mass is 16.5. The average Bonchev–Trinajstić information content (AvgIpc) is 3.04. The molecule has 0 saturated carbocycles. The lowest BCUT2D eigenvalue weighted by Crippen LogP contribution is -2.50. The van der Waals surface area contributed by atoms with Crippen LogP contribution in [0.3, 0.4) is 0 Å². The van der Waals surface area contributed by atoms with Gasteiger partial charge in [-0.1, -0.05) is 54.6 Å². The molecule has 3 aromatic rings. The van der Waals surface area contributed by atoms with Gasteiger partial charge in [-0.2, -0.15) is 0 Å². The van der Waals surface area contributed by atoms with Gasteiger partial charge in [0.25, 0.3) is 5.91 Å². The highest BCUT2D eigenvalue weighted by Crippen LogP contribution is 2.19. The van der Waals surface area contributed by atoms with Gasteiger partial charge in [0.2, 0.25) is 17.7 Å². The molecule has 0 fully saturated rings. The fourth-order valence-electron chi connectivity index (χ4n) is 4.93. The first kappa shape index (κ1) is 32.1. The second-order valence-electron chi connectivity index (χ2n) is 10.6. The Morgan fingerprint density at radius 2 is 1.73 bits per heavy atom. The standard InChI is InChI=1S/C34H40N4O6/c1-43-26-14-7-12-24(22-26)13-8-19-35-33(41)28-17-18-31(39)37-29(23-25-10-3-2-4-11-25)34(42)36-20-9-21-44-30-16-6-5-15-27(30)32(40)38-28/h2-7,10-12,14-16,22,28-29H,8-9,13,17-21,23H2,1H3,(H,35,41)(H,36,42)(H,37,39)(H,38,40)/t28-,29-/m0/s1. The number of aryl methyl sites for hydroxylation is 1. The Hall–Kier alpha value is -4.86. The zero-order valence-electron chi connectivity index (χ0n) is 25.0. The van der Waals surface area contributed by atoms with E-state index in [4.69, 9.17) is 9.47 Å². The van der Waals surface area contributed by atoms with Crippen LogP contribution in [0, 0.1) is 0 Å². The van der Waals surface area contributed by atoms with Crippen LogP contribution in [-0.4, -0.2) is 62.5 Å². The number of carbonyl (C=O) groups excluding carboxylic acids is 4. The maximum Gasteiger partial charge on any atom is 0.255 e. The zero-order valence-corrected chi connectivity index (χ0v) is 25.0. The molecule has 0 unspecified atom stereocenters. The average molecular weight is 601 g/mol. The summed E-state index contributed by atoms with van der Waals surface area (Å²) in [6.45, 7) is 0.986. The van der Waals surface area contributed by atoms with Crippen LogP contribution in [0.5, 0.6) is 11.5 Å². The number of amides is 4. The predicted molar refractivity (Wildman–Crippen MR) is 166 cm³/mol. The van der Waals surface area contributed by atoms with Gasteiger partial charge in [-0.25, -0.2) is 0 Å². The molecule has 0 saturated heterocycles. The second kappa shape index (κ2) is 16.7. The van der Waals surface area contributed by atoms with Crippen LogP contribution in [0.1, 0.15) is 47.2 Å². The van der Waals surface area contributed by atoms with Gasteiger partial charge in [0.05, 0.1) is 19.3 Å². The Morgan fingerprint density at radius 1 is 0.955 bits per heavy atom. The van der Waals surface area contributed by atoms with Gasteiger partial charge in [0.15, 0.2) is 0 Å². The minimum Gasteiger partial charge on any atom is -0.497 e. The first-order valence-corrected chi connectivity index (χ1v) is 15.0. The SMILES string of the molecule is COc1cccc(CCCNC(=O)[C@@H]2CCC(=O)N[C@@H](Cc3ccccc3)C(=O)NCCCOc3ccccc3C(=O)N2)c1. The lowest BCUT2D eigenvalue weighted by atomic mass is 10.0. The molecule has 0 aliphatic carbocycles. The van der Waals surface area contributed by atoms with Crippen LogP contribution in [0.25, 0.3) is 0 Å². The zero-order chi connectivity index (χ0) is 31.1. The van der Waals surface area contributed by atoms with Gasteiger partial charge in [-0.15, -0.1) is 0 Å². The lowest BCUT2D eigenvalue weighted by molar-refractivity contribution is -0.129. The fourth-order valence-corrected chi connectivity index (χ4v) is 4.93. The number of carbonyl (C=O) groups is 4. The number of methoxy groups -OCH3 is 1. The van der Waals surface area contributed by atoms with Gasteiger partial charge in [-0.3, -0.25) is 19.2 Å². The molecule has 0 bridgehead atoms. The maximum absolute atomic E-state index is 13.3. The molecule has 4 N–H and O–H groups in total. The van der Waals surface area contributed by atoms with Crippen molar-refractivity contribution in [2.75, 3.05) is 26.8 Å². The first-order valence-electron chi connectivity index (χ1n) is 15.0. The van der Waals surface area contributed by atoms with Gasteiger partial charge in [-0.05, 0) is 61.1 Å². The number of hydrogen-bond acceptors (Lipinski definition) is 6. The van der Waals surface area contributed by atoms with E-state index in [1.54, 1.807) is 31.4 Å². The van der Waals surface area contributed by atoms with Gasteiger partial charge >= 0.3 is 0 Å². The molecule has 10 nitrogen and oxygen atoms in total. The Bertz CT molecular complexity index is 1410. The molecule has 1 aliphatic heterocycles. The van der Waals surface area contributed by atoms with Crippen LogP contribution in [-0.2, 0) is 27.2 Å². The molecular formula is C34H40N4O6. The number of fused-ring (bicyclic) bond motifs is 1. The highest BCUT2D eigenvalue weighted by molar-refractivity contribution is 5.99. The van der Waals surface area contributed by atoms with Crippen molar-refractivity contribution in [2.45, 2.75) is 50.6 Å². The summed E-state index contributed by atoms with van der Waals surface area (Å²) in [6.07, 6.45) is 2.19. The van der Waals surface area contributed by atoms with Crippen LogP contribution >= 0.6 is 0 Å². The molecule has 10 heteroatoms. The number of rotatable bonds is 8. The topological polar surface area (TPSA) is 135 Å². The fraction of sp³-hybridized carbons (Fsp3) is 0.353. The van der Waals surface area contributed by atoms with Crippen molar-refractivity contribution in [3.05, 3.63) is 95.6 Å². The van der Waals surface area contributed by atoms with Crippen LogP contribution in [0.4, 0.5) is 0 Å². The normalized spacial score (nSPS) is 18.1. The van der Waals surface area contributed by atoms with Crippen molar-refractivity contribution >= 4 is 23.6 Å². The third kappa shape index (κ3) is 9.86. The summed E-state index contributed by atoms with van der Waals surface area (Å²) in [7, 11) is 1.62. The molecule has 0 radical (unpaired) electrons. The quantitative estimate of drug-likeness (QED) is 0.294. The largest absolute Gasteiger partial charge is 0.497 e. The number of benzene rings is 3. The van der Waals surface area contributed by atoms with E-state index in [2.05, 4.69) is 21.3 Å². The number of ether oxygens (including phenoxy) is 2. The maximum atomic E-state index is 13.3. The number of nitrogens with one attached hydrogen (secondary N) is 4. The summed E-state index contributed by atoms with van der Waals surface area (Å²) in [6, 6.07) is 22.2. The molecule has 232 valence electrons. The highest BCUT2D eigenvalue weighted by Gasteiger charge is 2.26. The van der Waals surface area contributed by atoms with Crippen molar-refractivity contribution in [3.8, 4) is 11.5 Å². The van der Waals surface area contributed by atoms with Crippen LogP contribution < -0.4 is 30.7 Å². The first-order chi connectivity index (χ1) is 21.4. The van der Waals surface area contributed by atoms with E-state index >= 15 is 0 Å². The molecule has 1 heterocycles. The molecule has 3 aromatic carbocycles. The smallest absolute Gasteiger partial charge is 0.255 e. The second-order valence-corrected chi connectivity index (χ2v) is 10.6. The van der Waals surface area contributed by atoms with Gasteiger partial charge < -0.3 is 30.7 Å². The van der Waals surface area contributed by atoms with Crippen molar-refractivity contribution < 1.29 is 28.7 Å². The van der Waals surface area contributed by atoms with Gasteiger partial charge in [0.1, 0.15) is 23.6 Å². The Labute approximate surface area is 257 Å². The minimum atomic E-state index is -0.979. The summed E-state index contributed by atoms with van der Waals surface area (Å²) in [4.78, 5) is 52.8. The van der Waals surface area contributed by atoms with Crippen molar-refractivity contribution in [1.29, 1.82) is 0 Å². The van der Waals surface area contributed by atoms with Gasteiger partial charge in [0, 0.05) is 25.9 Å². The van der Waals surface area contributed by atoms with E-state index in [-0.39, 0.29) is 36.8 Å². The summed E-state index contributed by atoms with van der Waals surface area (Å²) in [5.74, 6) is -0.406. The summed E-state index contributed by atoms with van der Waals surface area (Å²) in [5.41, 5.74) is 2.27. The van der Waals surface area contributed by atoms with Crippen molar-refractivity contribution in [1.82, 2.24) is 21.3 Å². The molecule has 0 spiro atoms. The monoisotopic (exact) mass is 600 g/mol. The Kier molecular flexibility index (Phi) is 12.2. The van der Waals surface area contributed by atoms with E-state index in [1.807, 2.05) is 54.6 Å². The Morgan fingerprint density at radius 3 is 2.55 bits per heavy atom. The summed E-state index contributed by atoms with van der Waals surface area (Å²) >= 11 is 0. The third-order valence-electron chi connectivity index (χ3n) is 7.30. The van der Waals surface area contributed by atoms with E-state index < -0.39 is 23.9 Å². The van der Waals surface area contributed by atoms with Crippen LogP contribution in [0.15, 0.2) is 78.9 Å². The van der Waals surface area contributed by atoms with E-state index in [0.717, 1.165) is 23.3 Å². The van der Waals surface area contributed by atoms with Crippen LogP contribution in [0.2, 0.25) is 0 Å². The summed E-state index contributed by atoms with van der Waals surface area (Å²) in [5, 5.41) is 11.4. The summed E-state index contributed by atoms with van der Waals surface area (Å²) < 4.78 is 11.2. The molecular weight excluding hydrogens is 560 g/mol. The predicted octanol–water partition coefficient (Wildman–Crippen LogP) is 2.95. The molecule has 2 atom stereocenters. The number of para-hydroxylation sites is 1. The van der Waals surface area contributed by atoms with E-state index in [0.29, 0.717) is 38.1 Å². The Balaban J connectivity index is 1.45. The molecule has 44 heavy (non-hydrogen) atoms. The number of hydrogen-bond donors (Lipinski definition) is 4. The lowest BCUT2D eigenvalue weighted by Gasteiger charge is -2.22. The molecule has 4 rings (SSSR count). The van der Waals surface area contributed by atoms with E-state index in [1.165, 1.54) is 0 Å². The third-order valence-corrected chi connectivity index (χ3v) is 7.30.